The third-order valence-corrected chi connectivity index (χ3v) is 6.60. The Bertz CT molecular complexity index is 1360. The Kier molecular flexibility index (Phi) is 5.94. The van der Waals surface area contributed by atoms with E-state index in [1.165, 1.54) is 10.6 Å². The van der Waals surface area contributed by atoms with E-state index in [2.05, 4.69) is 4.99 Å². The van der Waals surface area contributed by atoms with Gasteiger partial charge < -0.3 is 25.2 Å². The Hall–Kier alpha value is -3.15. The molecule has 0 bridgehead atoms. The van der Waals surface area contributed by atoms with Crippen LogP contribution in [0.2, 0.25) is 5.02 Å². The van der Waals surface area contributed by atoms with E-state index in [4.69, 9.17) is 16.3 Å². The normalized spacial score (nSPS) is 25.9. The largest absolute Gasteiger partial charge is 0.479 e. The molecule has 4 N–H and O–H groups in total. The van der Waals surface area contributed by atoms with E-state index in [9.17, 15) is 29.6 Å². The monoisotopic (exact) mass is 502 g/mol. The van der Waals surface area contributed by atoms with E-state index in [0.29, 0.717) is 39.1 Å². The minimum atomic E-state index is -1.80. The zero-order valence-electron chi connectivity index (χ0n) is 18.4. The van der Waals surface area contributed by atoms with Gasteiger partial charge in [-0.05, 0) is 30.3 Å². The molecule has 0 radical (unpaired) electrons. The van der Waals surface area contributed by atoms with Crippen molar-refractivity contribution in [3.05, 3.63) is 82.1 Å². The molecule has 5 rings (SSSR count). The molecule has 182 valence electrons. The zero-order chi connectivity index (χ0) is 25.0. The molecule has 1 fully saturated rings. The molecule has 2 aliphatic rings. The second-order valence-electron chi connectivity index (χ2n) is 8.47. The van der Waals surface area contributed by atoms with Crippen LogP contribution in [0.3, 0.4) is 0 Å². The Morgan fingerprint density at radius 2 is 1.89 bits per heavy atom. The smallest absolute Gasteiger partial charge is 0.335 e. The number of fused-ring (bicyclic) bond motifs is 3. The second-order valence-corrected chi connectivity index (χ2v) is 8.91. The van der Waals surface area contributed by atoms with Crippen LogP contribution in [0.4, 0.5) is 4.39 Å². The van der Waals surface area contributed by atoms with Crippen LogP contribution in [0.15, 0.2) is 53.7 Å². The van der Waals surface area contributed by atoms with Gasteiger partial charge in [-0.1, -0.05) is 23.7 Å². The van der Waals surface area contributed by atoms with Crippen molar-refractivity contribution in [2.75, 3.05) is 0 Å². The first-order valence-corrected chi connectivity index (χ1v) is 11.2. The number of hydrogen-bond donors (Lipinski definition) is 4. The molecule has 0 amide bonds. The predicted molar refractivity (Wildman–Crippen MR) is 121 cm³/mol. The minimum absolute atomic E-state index is 0.125. The summed E-state index contributed by atoms with van der Waals surface area (Å²) in [5.41, 5.74) is 2.60. The fraction of sp³-hybridized carbons (Fsp3) is 0.292. The van der Waals surface area contributed by atoms with Crippen molar-refractivity contribution >= 4 is 23.3 Å². The summed E-state index contributed by atoms with van der Waals surface area (Å²) in [6, 6.07) is 11.4. The predicted octanol–water partition coefficient (Wildman–Crippen LogP) is 1.28. The Balaban J connectivity index is 1.65. The topological polar surface area (TPSA) is 128 Å². The highest BCUT2D eigenvalue weighted by Crippen LogP contribution is 2.31. The summed E-state index contributed by atoms with van der Waals surface area (Å²) in [6.45, 7) is 1.85. The van der Waals surface area contributed by atoms with Gasteiger partial charge in [-0.2, -0.15) is 4.57 Å². The van der Waals surface area contributed by atoms with Crippen LogP contribution in [-0.2, 0) is 16.1 Å². The second kappa shape index (κ2) is 8.81. The Labute approximate surface area is 203 Å². The summed E-state index contributed by atoms with van der Waals surface area (Å²) >= 11 is 6.29. The van der Waals surface area contributed by atoms with Crippen LogP contribution in [0.25, 0.3) is 5.69 Å². The van der Waals surface area contributed by atoms with Crippen molar-refractivity contribution in [3.63, 3.8) is 0 Å². The number of benzene rings is 2. The van der Waals surface area contributed by atoms with Crippen LogP contribution in [0.5, 0.6) is 0 Å². The van der Waals surface area contributed by atoms with Crippen molar-refractivity contribution in [1.29, 1.82) is 0 Å². The first kappa shape index (κ1) is 23.6. The summed E-state index contributed by atoms with van der Waals surface area (Å²) in [6.07, 6.45) is -6.53. The van der Waals surface area contributed by atoms with Crippen molar-refractivity contribution in [2.24, 2.45) is 4.99 Å². The highest BCUT2D eigenvalue weighted by molar-refractivity contribution is 6.31. The number of carboxylic acids is 1. The van der Waals surface area contributed by atoms with E-state index in [1.807, 2.05) is 4.57 Å². The van der Waals surface area contributed by atoms with Gasteiger partial charge in [0.05, 0.1) is 5.71 Å². The minimum Gasteiger partial charge on any atom is -0.479 e. The lowest BCUT2D eigenvalue weighted by Gasteiger charge is -2.37. The number of aliphatic hydroxyl groups is 3. The Morgan fingerprint density at radius 1 is 1.14 bits per heavy atom. The van der Waals surface area contributed by atoms with Gasteiger partial charge in [0.2, 0.25) is 6.23 Å². The highest BCUT2D eigenvalue weighted by atomic mass is 35.5. The number of aliphatic imine (C=N–C) groups is 1. The quantitative estimate of drug-likeness (QED) is 0.399. The molecular weight excluding hydrogens is 481 g/mol. The maximum absolute atomic E-state index is 14.7. The molecule has 2 aliphatic heterocycles. The number of aliphatic carboxylic acids is 1. The molecule has 5 atom stereocenters. The molecule has 0 unspecified atom stereocenters. The van der Waals surface area contributed by atoms with Crippen molar-refractivity contribution in [2.45, 2.75) is 44.1 Å². The van der Waals surface area contributed by atoms with Crippen molar-refractivity contribution in [1.82, 2.24) is 4.57 Å². The number of imidazole rings is 1. The molecule has 1 saturated heterocycles. The van der Waals surface area contributed by atoms with E-state index < -0.39 is 42.4 Å². The molecule has 3 aromatic rings. The first-order valence-electron chi connectivity index (χ1n) is 10.8. The molecular formula is C24H22ClFN3O6+. The number of aliphatic hydroxyl groups excluding tert-OH is 3. The average Bonchev–Trinajstić information content (AvgIpc) is 3.05. The number of carboxylic acid groups (broad SMARTS) is 1. The average molecular weight is 503 g/mol. The van der Waals surface area contributed by atoms with E-state index >= 15 is 0 Å². The van der Waals surface area contributed by atoms with Crippen molar-refractivity contribution < 1.29 is 38.9 Å². The molecule has 11 heteroatoms. The van der Waals surface area contributed by atoms with Gasteiger partial charge >= 0.3 is 5.97 Å². The van der Waals surface area contributed by atoms with Crippen LogP contribution in [0, 0.1) is 12.7 Å². The third-order valence-electron chi connectivity index (χ3n) is 6.36. The standard InChI is InChI=1S/C24H21ClFN3O6/c1-11-28(23-21(32)19(30)20(31)22(35-23)24(33)34)10-13-9-27-18(14-4-2-3-5-16(14)26)15-8-12(25)6-7-17(15)29(11)13/h2-8,10,19-23,30-32H,9H2,1H3/p+1/t19-,20-,21+,22-,23+/m1/s1. The summed E-state index contributed by atoms with van der Waals surface area (Å²) in [5, 5.41) is 40.8. The molecule has 0 spiro atoms. The number of hydrogen-bond acceptors (Lipinski definition) is 6. The summed E-state index contributed by atoms with van der Waals surface area (Å²) < 4.78 is 23.5. The lowest BCUT2D eigenvalue weighted by atomic mass is 9.98. The number of ether oxygens (including phenoxy) is 1. The Morgan fingerprint density at radius 3 is 2.60 bits per heavy atom. The van der Waals surface area contributed by atoms with Crippen LogP contribution in [-0.4, -0.2) is 61.1 Å². The number of nitrogens with zero attached hydrogens (tertiary/aromatic N) is 3. The van der Waals surface area contributed by atoms with Gasteiger partial charge in [0.15, 0.2) is 11.8 Å². The van der Waals surface area contributed by atoms with Crippen LogP contribution in [0.1, 0.15) is 28.9 Å². The summed E-state index contributed by atoms with van der Waals surface area (Å²) in [5.74, 6) is -1.38. The van der Waals surface area contributed by atoms with E-state index in [1.54, 1.807) is 49.5 Å². The SMILES string of the molecule is Cc1n2c(c[n+]1[C@H]1O[C@@H](C(=O)O)[C@H](O)[C@@H](O)[C@@H]1O)CN=C(c1ccccc1F)c1cc(Cl)ccc1-2. The zero-order valence-corrected chi connectivity index (χ0v) is 19.2. The summed E-state index contributed by atoms with van der Waals surface area (Å²) in [4.78, 5) is 16.2. The third kappa shape index (κ3) is 3.83. The highest BCUT2D eigenvalue weighted by Gasteiger charge is 2.50. The van der Waals surface area contributed by atoms with Gasteiger partial charge in [0, 0.05) is 23.1 Å². The molecule has 35 heavy (non-hydrogen) atoms. The van der Waals surface area contributed by atoms with Gasteiger partial charge in [-0.15, -0.1) is 0 Å². The molecule has 9 nitrogen and oxygen atoms in total. The number of aromatic nitrogens is 2. The lowest BCUT2D eigenvalue weighted by Crippen LogP contribution is -2.63. The van der Waals surface area contributed by atoms with Gasteiger partial charge in [-0.3, -0.25) is 4.99 Å². The number of carbonyl (C=O) groups is 1. The van der Waals surface area contributed by atoms with Crippen molar-refractivity contribution in [3.8, 4) is 5.69 Å². The van der Waals surface area contributed by atoms with Gasteiger partial charge in [0.25, 0.3) is 5.82 Å². The number of halogens is 2. The van der Waals surface area contributed by atoms with Crippen LogP contribution >= 0.6 is 11.6 Å². The molecule has 1 aromatic heterocycles. The van der Waals surface area contributed by atoms with E-state index in [0.717, 1.165) is 0 Å². The lowest BCUT2D eigenvalue weighted by molar-refractivity contribution is -0.781. The fourth-order valence-electron chi connectivity index (χ4n) is 4.65. The molecule has 2 aromatic carbocycles. The van der Waals surface area contributed by atoms with Gasteiger partial charge in [-0.25, -0.2) is 13.8 Å². The maximum Gasteiger partial charge on any atom is 0.335 e. The molecule has 3 heterocycles. The maximum atomic E-state index is 14.7. The first-order chi connectivity index (χ1) is 16.7. The fourth-order valence-corrected chi connectivity index (χ4v) is 4.82. The molecule has 0 aliphatic carbocycles. The van der Waals surface area contributed by atoms with E-state index in [-0.39, 0.29) is 6.54 Å². The summed E-state index contributed by atoms with van der Waals surface area (Å²) in [7, 11) is 0. The number of rotatable bonds is 3. The van der Waals surface area contributed by atoms with Crippen LogP contribution < -0.4 is 4.57 Å². The molecule has 0 saturated carbocycles. The van der Waals surface area contributed by atoms with Gasteiger partial charge in [0.1, 0.15) is 42.6 Å².